The highest BCUT2D eigenvalue weighted by Gasteiger charge is 2.44. The summed E-state index contributed by atoms with van der Waals surface area (Å²) in [6.07, 6.45) is -3.91. The maximum Gasteiger partial charge on any atom is 0.278 e. The number of aliphatic hydroxyl groups excluding tert-OH is 3. The second-order valence-corrected chi connectivity index (χ2v) is 4.60. The van der Waals surface area contributed by atoms with E-state index < -0.39 is 36.7 Å². The van der Waals surface area contributed by atoms with Crippen molar-refractivity contribution in [1.29, 1.82) is 0 Å². The van der Waals surface area contributed by atoms with Gasteiger partial charge in [0, 0.05) is 4.91 Å². The number of rotatable bonds is 3. The van der Waals surface area contributed by atoms with Crippen LogP contribution in [-0.2, 0) is 4.74 Å². The standard InChI is InChI=1S/C10H11N7O5/c11-16-15-10-14-4-7(12-2-13-8(4)21)17(10)9-6(20)5(19)3(1-18)22-9/h2-3,5-6,9,18-20H,1H2,(H,12,13,21)/t3-,5-,6-,9-/m1/s1. The Morgan fingerprint density at radius 3 is 2.91 bits per heavy atom. The molecule has 0 amide bonds. The molecule has 2 aromatic heterocycles. The number of nitrogens with one attached hydrogen (secondary N) is 1. The Morgan fingerprint density at radius 2 is 2.27 bits per heavy atom. The lowest BCUT2D eigenvalue weighted by Gasteiger charge is -2.17. The van der Waals surface area contributed by atoms with Gasteiger partial charge in [-0.3, -0.25) is 9.36 Å². The number of H-pyrrole nitrogens is 1. The lowest BCUT2D eigenvalue weighted by molar-refractivity contribution is -0.0502. The van der Waals surface area contributed by atoms with Crippen LogP contribution in [0.5, 0.6) is 0 Å². The molecule has 4 atom stereocenters. The van der Waals surface area contributed by atoms with Crippen LogP contribution in [0.15, 0.2) is 16.2 Å². The molecule has 1 saturated heterocycles. The molecule has 1 aliphatic rings. The molecular weight excluding hydrogens is 298 g/mol. The molecule has 0 spiro atoms. The van der Waals surface area contributed by atoms with Gasteiger partial charge in [-0.25, -0.2) is 9.97 Å². The number of nitrogens with zero attached hydrogens (tertiary/aromatic N) is 6. The van der Waals surface area contributed by atoms with Gasteiger partial charge in [-0.2, -0.15) is 0 Å². The summed E-state index contributed by atoms with van der Waals surface area (Å²) in [5, 5.41) is 32.4. The number of hydrogen-bond donors (Lipinski definition) is 4. The highest BCUT2D eigenvalue weighted by molar-refractivity contribution is 5.72. The first-order chi connectivity index (χ1) is 10.6. The number of aliphatic hydroxyl groups is 3. The quantitative estimate of drug-likeness (QED) is 0.307. The Labute approximate surface area is 121 Å². The van der Waals surface area contributed by atoms with Crippen molar-refractivity contribution in [3.05, 3.63) is 27.1 Å². The predicted octanol–water partition coefficient (Wildman–Crippen LogP) is -1.33. The summed E-state index contributed by atoms with van der Waals surface area (Å²) < 4.78 is 6.46. The molecule has 1 fully saturated rings. The minimum Gasteiger partial charge on any atom is -0.394 e. The van der Waals surface area contributed by atoms with Crippen LogP contribution < -0.4 is 5.56 Å². The average Bonchev–Trinajstić information content (AvgIpc) is 3.00. The van der Waals surface area contributed by atoms with E-state index in [0.717, 1.165) is 10.9 Å². The third kappa shape index (κ3) is 2.03. The first kappa shape index (κ1) is 14.4. The van der Waals surface area contributed by atoms with Crippen molar-refractivity contribution >= 4 is 17.1 Å². The molecule has 0 aromatic carbocycles. The molecule has 3 rings (SSSR count). The van der Waals surface area contributed by atoms with Crippen molar-refractivity contribution in [1.82, 2.24) is 19.5 Å². The third-order valence-electron chi connectivity index (χ3n) is 3.37. The molecule has 0 bridgehead atoms. The monoisotopic (exact) mass is 309 g/mol. The van der Waals surface area contributed by atoms with Crippen molar-refractivity contribution in [3.63, 3.8) is 0 Å². The van der Waals surface area contributed by atoms with Crippen LogP contribution in [0.2, 0.25) is 0 Å². The maximum atomic E-state index is 11.7. The summed E-state index contributed by atoms with van der Waals surface area (Å²) in [5.74, 6) is -0.253. The van der Waals surface area contributed by atoms with Gasteiger partial charge in [-0.15, -0.1) is 0 Å². The zero-order chi connectivity index (χ0) is 15.9. The fourth-order valence-electron chi connectivity index (χ4n) is 2.35. The van der Waals surface area contributed by atoms with Gasteiger partial charge < -0.3 is 25.0 Å². The normalized spacial score (nSPS) is 28.0. The van der Waals surface area contributed by atoms with Crippen LogP contribution in [0, 0.1) is 0 Å². The SMILES string of the molecule is [N-]=[N+]=Nc1nc2c(=O)[nH]cnc2n1[C@@H]1O[C@H](CO)[C@@H](O)[C@H]1O. The van der Waals surface area contributed by atoms with E-state index in [2.05, 4.69) is 25.0 Å². The number of aromatic nitrogens is 4. The first-order valence-electron chi connectivity index (χ1n) is 6.21. The summed E-state index contributed by atoms with van der Waals surface area (Å²) in [7, 11) is 0. The van der Waals surface area contributed by atoms with Crippen LogP contribution in [0.1, 0.15) is 6.23 Å². The van der Waals surface area contributed by atoms with Crippen molar-refractivity contribution in [2.75, 3.05) is 6.61 Å². The highest BCUT2D eigenvalue weighted by atomic mass is 16.6. The molecule has 0 saturated carbocycles. The van der Waals surface area contributed by atoms with Crippen molar-refractivity contribution in [2.45, 2.75) is 24.5 Å². The molecular formula is C10H11N7O5. The maximum absolute atomic E-state index is 11.7. The topological polar surface area (TPSA) is 182 Å². The Balaban J connectivity index is 2.21. The minimum atomic E-state index is -1.43. The van der Waals surface area contributed by atoms with Gasteiger partial charge >= 0.3 is 0 Å². The fourth-order valence-corrected chi connectivity index (χ4v) is 2.35. The molecule has 0 aliphatic carbocycles. The lowest BCUT2D eigenvalue weighted by Crippen LogP contribution is -2.33. The average molecular weight is 309 g/mol. The number of fused-ring (bicyclic) bond motifs is 1. The van der Waals surface area contributed by atoms with Crippen LogP contribution in [0.3, 0.4) is 0 Å². The van der Waals surface area contributed by atoms with Crippen molar-refractivity contribution in [2.24, 2.45) is 5.11 Å². The van der Waals surface area contributed by atoms with Gasteiger partial charge in [0.15, 0.2) is 17.4 Å². The molecule has 2 aromatic rings. The zero-order valence-electron chi connectivity index (χ0n) is 10.9. The summed E-state index contributed by atoms with van der Waals surface area (Å²) >= 11 is 0. The molecule has 12 nitrogen and oxygen atoms in total. The Bertz CT molecular complexity index is 810. The van der Waals surface area contributed by atoms with Crippen LogP contribution >= 0.6 is 0 Å². The van der Waals surface area contributed by atoms with E-state index in [1.807, 2.05) is 0 Å². The zero-order valence-corrected chi connectivity index (χ0v) is 10.9. The summed E-state index contributed by atoms with van der Waals surface area (Å²) in [6, 6.07) is 0. The molecule has 0 radical (unpaired) electrons. The number of ether oxygens (including phenoxy) is 1. The molecule has 4 N–H and O–H groups in total. The number of hydrogen-bond acceptors (Lipinski definition) is 8. The second kappa shape index (κ2) is 5.36. The van der Waals surface area contributed by atoms with E-state index in [-0.39, 0.29) is 17.1 Å². The van der Waals surface area contributed by atoms with E-state index in [9.17, 15) is 15.0 Å². The predicted molar refractivity (Wildman–Crippen MR) is 70.0 cm³/mol. The Morgan fingerprint density at radius 1 is 1.50 bits per heavy atom. The molecule has 22 heavy (non-hydrogen) atoms. The number of azide groups is 1. The first-order valence-corrected chi connectivity index (χ1v) is 6.21. The van der Waals surface area contributed by atoms with Crippen molar-refractivity contribution in [3.8, 4) is 0 Å². The van der Waals surface area contributed by atoms with E-state index >= 15 is 0 Å². The van der Waals surface area contributed by atoms with E-state index in [1.54, 1.807) is 0 Å². The number of imidazole rings is 1. The summed E-state index contributed by atoms with van der Waals surface area (Å²) in [4.78, 5) is 24.4. The van der Waals surface area contributed by atoms with E-state index in [4.69, 9.17) is 15.4 Å². The van der Waals surface area contributed by atoms with Gasteiger partial charge in [0.25, 0.3) is 5.56 Å². The van der Waals surface area contributed by atoms with Gasteiger partial charge in [0.2, 0.25) is 5.95 Å². The number of aromatic amines is 1. The molecule has 0 unspecified atom stereocenters. The molecule has 12 heteroatoms. The van der Waals surface area contributed by atoms with Crippen molar-refractivity contribution < 1.29 is 20.1 Å². The summed E-state index contributed by atoms with van der Waals surface area (Å²) in [6.45, 7) is -0.522. The lowest BCUT2D eigenvalue weighted by atomic mass is 10.1. The highest BCUT2D eigenvalue weighted by Crippen LogP contribution is 2.34. The summed E-state index contributed by atoms with van der Waals surface area (Å²) in [5.41, 5.74) is 7.94. The van der Waals surface area contributed by atoms with E-state index in [0.29, 0.717) is 0 Å². The Kier molecular flexibility index (Phi) is 3.52. The molecule has 3 heterocycles. The van der Waals surface area contributed by atoms with Gasteiger partial charge in [0.1, 0.15) is 18.3 Å². The van der Waals surface area contributed by atoms with Crippen LogP contribution in [0.25, 0.3) is 21.6 Å². The molecule has 116 valence electrons. The van der Waals surface area contributed by atoms with Gasteiger partial charge in [-0.1, -0.05) is 0 Å². The van der Waals surface area contributed by atoms with Crippen LogP contribution in [0.4, 0.5) is 5.95 Å². The van der Waals surface area contributed by atoms with Crippen LogP contribution in [-0.4, -0.2) is 59.8 Å². The second-order valence-electron chi connectivity index (χ2n) is 4.60. The largest absolute Gasteiger partial charge is 0.394 e. The van der Waals surface area contributed by atoms with E-state index in [1.165, 1.54) is 0 Å². The van der Waals surface area contributed by atoms with Gasteiger partial charge in [0.05, 0.1) is 12.9 Å². The Hall–Kier alpha value is -2.50. The molecule has 1 aliphatic heterocycles. The third-order valence-corrected chi connectivity index (χ3v) is 3.37. The van der Waals surface area contributed by atoms with Gasteiger partial charge in [-0.05, 0) is 10.6 Å². The smallest absolute Gasteiger partial charge is 0.278 e. The minimum absolute atomic E-state index is 0.0148. The fraction of sp³-hybridized carbons (Fsp3) is 0.500.